The molecule has 0 aliphatic heterocycles. The predicted octanol–water partition coefficient (Wildman–Crippen LogP) is 0.517. The monoisotopic (exact) mass is 377 g/mol. The van der Waals surface area contributed by atoms with E-state index >= 15 is 0 Å². The van der Waals surface area contributed by atoms with Gasteiger partial charge in [-0.3, -0.25) is 0 Å². The van der Waals surface area contributed by atoms with E-state index in [1.165, 1.54) is 0 Å². The largest absolute Gasteiger partial charge is 0.383 e. The third-order valence-corrected chi connectivity index (χ3v) is 1.95. The number of nitrogens with one attached hydrogen (secondary N) is 1. The molecule has 0 aromatic carbocycles. The van der Waals surface area contributed by atoms with E-state index in [4.69, 9.17) is 14.2 Å². The number of hydrogen-bond donors (Lipinski definition) is 1. The molecule has 0 heterocycles. The molecule has 0 unspecified atom stereocenters. The van der Waals surface area contributed by atoms with Gasteiger partial charge in [-0.1, -0.05) is 0 Å². The molecule has 4 nitrogen and oxygen atoms in total. The van der Waals surface area contributed by atoms with Crippen molar-refractivity contribution in [3.05, 3.63) is 0 Å². The van der Waals surface area contributed by atoms with Crippen LogP contribution in [0.1, 0.15) is 8.35 Å². The summed E-state index contributed by atoms with van der Waals surface area (Å²) in [6, 6.07) is 0. The van der Waals surface area contributed by atoms with Crippen LogP contribution in [0.2, 0.25) is 0 Å². The molecule has 1 N–H and O–H groups in total. The summed E-state index contributed by atoms with van der Waals surface area (Å²) in [5.41, 5.74) is -0.223. The zero-order valence-electron chi connectivity index (χ0n) is 9.46. The zero-order chi connectivity index (χ0) is 10.2. The fourth-order valence-electron chi connectivity index (χ4n) is 1.19. The fourth-order valence-corrected chi connectivity index (χ4v) is 1.19. The van der Waals surface area contributed by atoms with Gasteiger partial charge >= 0.3 is 0 Å². The van der Waals surface area contributed by atoms with Crippen molar-refractivity contribution in [3.8, 4) is 0 Å². The van der Waals surface area contributed by atoms with E-state index in [9.17, 15) is 0 Å². The molecule has 0 saturated carbocycles. The first-order valence-electron chi connectivity index (χ1n) is 4.49. The minimum absolute atomic E-state index is 0. The van der Waals surface area contributed by atoms with Crippen LogP contribution >= 0.6 is 0 Å². The molecule has 0 spiro atoms. The molecule has 0 radical (unpaired) electrons. The number of ether oxygens (including phenoxy) is 3. The van der Waals surface area contributed by atoms with E-state index < -0.39 is 0 Å². The second-order valence-corrected chi connectivity index (χ2v) is 3.03. The smallest absolute Gasteiger partial charge is 0.0887 e. The maximum Gasteiger partial charge on any atom is 0.0887 e. The molecule has 5 heteroatoms. The molecule has 88 valence electrons. The standard InChI is InChI=1S/C9H21NO3.W.H2/c1-5-13-8-9(10-2,6-11-3)7-12-4;;/h10H,5-8H2,1-4H3;;1H. The van der Waals surface area contributed by atoms with E-state index in [0.717, 1.165) is 0 Å². The molecule has 0 bridgehead atoms. The molecule has 0 rings (SSSR count). The van der Waals surface area contributed by atoms with Gasteiger partial charge in [0.05, 0.1) is 25.4 Å². The van der Waals surface area contributed by atoms with Crippen molar-refractivity contribution in [2.24, 2.45) is 0 Å². The Labute approximate surface area is 102 Å². The van der Waals surface area contributed by atoms with Crippen LogP contribution in [-0.4, -0.2) is 53.2 Å². The Morgan fingerprint density at radius 2 is 1.64 bits per heavy atom. The van der Waals surface area contributed by atoms with E-state index in [0.29, 0.717) is 26.4 Å². The first kappa shape index (κ1) is 16.9. The molecule has 0 aliphatic rings. The summed E-state index contributed by atoms with van der Waals surface area (Å²) in [5.74, 6) is 0. The van der Waals surface area contributed by atoms with Crippen LogP contribution < -0.4 is 5.32 Å². The van der Waals surface area contributed by atoms with Gasteiger partial charge in [0.25, 0.3) is 0 Å². The van der Waals surface area contributed by atoms with Crippen molar-refractivity contribution in [1.29, 1.82) is 0 Å². The van der Waals surface area contributed by atoms with Crippen molar-refractivity contribution >= 4 is 0 Å². The van der Waals surface area contributed by atoms with E-state index in [2.05, 4.69) is 5.32 Å². The Morgan fingerprint density at radius 1 is 1.14 bits per heavy atom. The molecule has 0 atom stereocenters. The predicted molar refractivity (Wildman–Crippen MR) is 54.1 cm³/mol. The van der Waals surface area contributed by atoms with Crippen molar-refractivity contribution in [2.75, 3.05) is 47.7 Å². The number of likely N-dealkylation sites (N-methyl/N-ethyl adjacent to an activating group) is 1. The summed E-state index contributed by atoms with van der Waals surface area (Å²) in [6.07, 6.45) is 0. The van der Waals surface area contributed by atoms with E-state index in [1.54, 1.807) is 14.2 Å². The minimum atomic E-state index is -0.223. The van der Waals surface area contributed by atoms with Gasteiger partial charge in [0.2, 0.25) is 0 Å². The van der Waals surface area contributed by atoms with Gasteiger partial charge in [-0.2, -0.15) is 0 Å². The van der Waals surface area contributed by atoms with Crippen LogP contribution in [-0.2, 0) is 35.3 Å². The molecule has 14 heavy (non-hydrogen) atoms. The van der Waals surface area contributed by atoms with Crippen LogP contribution in [0, 0.1) is 0 Å². The van der Waals surface area contributed by atoms with Gasteiger partial charge < -0.3 is 19.5 Å². The average molecular weight is 377 g/mol. The van der Waals surface area contributed by atoms with Crippen molar-refractivity contribution in [1.82, 2.24) is 5.32 Å². The van der Waals surface area contributed by atoms with Gasteiger partial charge in [-0.25, -0.2) is 0 Å². The Bertz CT molecular complexity index is 124. The zero-order valence-corrected chi connectivity index (χ0v) is 12.4. The van der Waals surface area contributed by atoms with Crippen LogP contribution in [0.25, 0.3) is 0 Å². The number of methoxy groups -OCH3 is 2. The normalized spacial score (nSPS) is 11.1. The van der Waals surface area contributed by atoms with Gasteiger partial charge in [0.15, 0.2) is 0 Å². The summed E-state index contributed by atoms with van der Waals surface area (Å²) >= 11 is 0. The molecule has 0 saturated heterocycles. The van der Waals surface area contributed by atoms with Gasteiger partial charge in [-0.15, -0.1) is 0 Å². The quantitative estimate of drug-likeness (QED) is 0.670. The molecule has 0 aromatic heterocycles. The number of rotatable bonds is 8. The third kappa shape index (κ3) is 6.09. The summed E-state index contributed by atoms with van der Waals surface area (Å²) in [7, 11) is 5.23. The van der Waals surface area contributed by atoms with Gasteiger partial charge in [0, 0.05) is 43.3 Å². The van der Waals surface area contributed by atoms with E-state index in [1.807, 2.05) is 14.0 Å². The Kier molecular flexibility index (Phi) is 12.2. The molecule has 0 amide bonds. The Morgan fingerprint density at radius 3 is 1.93 bits per heavy atom. The first-order valence-corrected chi connectivity index (χ1v) is 4.49. The molecule has 0 fully saturated rings. The second-order valence-electron chi connectivity index (χ2n) is 3.03. The fraction of sp³-hybridized carbons (Fsp3) is 1.00. The topological polar surface area (TPSA) is 39.7 Å². The van der Waals surface area contributed by atoms with Crippen LogP contribution in [0.5, 0.6) is 0 Å². The molecular formula is C9H23NO3W. The maximum absolute atomic E-state index is 5.37. The third-order valence-electron chi connectivity index (χ3n) is 1.95. The molecule has 0 aromatic rings. The maximum atomic E-state index is 5.37. The van der Waals surface area contributed by atoms with Gasteiger partial charge in [-0.05, 0) is 14.0 Å². The van der Waals surface area contributed by atoms with Crippen LogP contribution in [0.4, 0.5) is 0 Å². The first-order chi connectivity index (χ1) is 6.24. The van der Waals surface area contributed by atoms with Gasteiger partial charge in [0.1, 0.15) is 0 Å². The average Bonchev–Trinajstić information content (AvgIpc) is 2.15. The SMILES string of the molecule is CCOCC(COC)(COC)NC.[HH].[W]. The van der Waals surface area contributed by atoms with Crippen molar-refractivity contribution in [2.45, 2.75) is 12.5 Å². The van der Waals surface area contributed by atoms with Crippen LogP contribution in [0.3, 0.4) is 0 Å². The summed E-state index contributed by atoms with van der Waals surface area (Å²) in [5, 5.41) is 3.18. The summed E-state index contributed by atoms with van der Waals surface area (Å²) < 4.78 is 15.6. The summed E-state index contributed by atoms with van der Waals surface area (Å²) in [6.45, 7) is 4.44. The Balaban J connectivity index is -0.000000720. The minimum Gasteiger partial charge on any atom is -0.383 e. The molecule has 0 aliphatic carbocycles. The molecular weight excluding hydrogens is 354 g/mol. The van der Waals surface area contributed by atoms with Crippen LogP contribution in [0.15, 0.2) is 0 Å². The van der Waals surface area contributed by atoms with Crippen molar-refractivity contribution < 1.29 is 36.7 Å². The summed E-state index contributed by atoms with van der Waals surface area (Å²) in [4.78, 5) is 0. The van der Waals surface area contributed by atoms with E-state index in [-0.39, 0.29) is 28.0 Å². The second kappa shape index (κ2) is 10.1. The van der Waals surface area contributed by atoms with Crippen molar-refractivity contribution in [3.63, 3.8) is 0 Å². The number of hydrogen-bond acceptors (Lipinski definition) is 4. The Hall–Kier alpha value is 0.528.